The van der Waals surface area contributed by atoms with E-state index in [0.717, 1.165) is 22.0 Å². The van der Waals surface area contributed by atoms with Gasteiger partial charge in [0.15, 0.2) is 0 Å². The highest BCUT2D eigenvalue weighted by Crippen LogP contribution is 2.42. The number of carbonyl (C=O) groups is 2. The molecule has 1 atom stereocenters. The monoisotopic (exact) mass is 434 g/mol. The van der Waals surface area contributed by atoms with Crippen LogP contribution in [0.2, 0.25) is 0 Å². The van der Waals surface area contributed by atoms with Gasteiger partial charge in [-0.15, -0.1) is 0 Å². The summed E-state index contributed by atoms with van der Waals surface area (Å²) in [6, 6.07) is 12.2. The van der Waals surface area contributed by atoms with Crippen molar-refractivity contribution in [1.82, 2.24) is 9.88 Å². The first-order chi connectivity index (χ1) is 15.5. The number of aromatic amines is 1. The molecule has 2 N–H and O–H groups in total. The van der Waals surface area contributed by atoms with E-state index in [0.29, 0.717) is 17.9 Å². The number of carbonyl (C=O) groups excluding carboxylic acids is 2. The van der Waals surface area contributed by atoms with Crippen LogP contribution in [0.4, 0.5) is 0 Å². The summed E-state index contributed by atoms with van der Waals surface area (Å²) in [6.45, 7) is 4.79. The van der Waals surface area contributed by atoms with Crippen LogP contribution in [0.1, 0.15) is 29.7 Å². The Labute approximate surface area is 186 Å². The number of amides is 1. The molecule has 2 heterocycles. The molecule has 1 aliphatic heterocycles. The maximum Gasteiger partial charge on any atom is 0.295 e. The van der Waals surface area contributed by atoms with Gasteiger partial charge in [-0.2, -0.15) is 0 Å². The number of aliphatic hydroxyl groups is 1. The molecular formula is C25H26N2O5. The van der Waals surface area contributed by atoms with Gasteiger partial charge in [-0.3, -0.25) is 9.59 Å². The number of H-pyrrole nitrogens is 1. The maximum atomic E-state index is 13.1. The highest BCUT2D eigenvalue weighted by atomic mass is 16.5. The number of para-hydroxylation sites is 1. The number of rotatable bonds is 7. The average Bonchev–Trinajstić information content (AvgIpc) is 3.32. The molecule has 1 amide bonds. The van der Waals surface area contributed by atoms with Gasteiger partial charge in [-0.1, -0.05) is 18.2 Å². The Kier molecular flexibility index (Phi) is 6.01. The van der Waals surface area contributed by atoms with E-state index in [1.54, 1.807) is 31.5 Å². The number of aliphatic hydroxyl groups excluding tert-OH is 1. The predicted octanol–water partition coefficient (Wildman–Crippen LogP) is 3.94. The fourth-order valence-electron chi connectivity index (χ4n) is 4.21. The number of nitrogens with one attached hydrogen (secondary N) is 1. The molecule has 32 heavy (non-hydrogen) atoms. The predicted molar refractivity (Wildman–Crippen MR) is 122 cm³/mol. The summed E-state index contributed by atoms with van der Waals surface area (Å²) in [5.41, 5.74) is 2.99. The molecule has 0 radical (unpaired) electrons. The summed E-state index contributed by atoms with van der Waals surface area (Å²) in [6.07, 6.45) is 1.79. The van der Waals surface area contributed by atoms with Gasteiger partial charge >= 0.3 is 0 Å². The van der Waals surface area contributed by atoms with Crippen LogP contribution in [0.5, 0.6) is 5.75 Å². The zero-order valence-electron chi connectivity index (χ0n) is 18.3. The SMILES string of the molecule is CCOc1ccc(/C(O)=C2\C(=O)C(=O)N(CCOC)C2c2c[nH]c3ccccc23)cc1C. The van der Waals surface area contributed by atoms with Crippen molar-refractivity contribution in [3.63, 3.8) is 0 Å². The Morgan fingerprint density at radius 1 is 1.19 bits per heavy atom. The summed E-state index contributed by atoms with van der Waals surface area (Å²) in [5.74, 6) is -0.857. The van der Waals surface area contributed by atoms with E-state index in [2.05, 4.69) is 4.98 Å². The summed E-state index contributed by atoms with van der Waals surface area (Å²) < 4.78 is 10.7. The van der Waals surface area contributed by atoms with E-state index in [-0.39, 0.29) is 24.5 Å². The summed E-state index contributed by atoms with van der Waals surface area (Å²) in [5, 5.41) is 12.1. The zero-order chi connectivity index (χ0) is 22.8. The molecular weight excluding hydrogens is 408 g/mol. The highest BCUT2D eigenvalue weighted by molar-refractivity contribution is 6.46. The molecule has 1 unspecified atom stereocenters. The Morgan fingerprint density at radius 2 is 1.97 bits per heavy atom. The maximum absolute atomic E-state index is 13.1. The number of fused-ring (bicyclic) bond motifs is 1. The van der Waals surface area contributed by atoms with Crippen molar-refractivity contribution >= 4 is 28.4 Å². The van der Waals surface area contributed by atoms with Crippen LogP contribution < -0.4 is 4.74 Å². The molecule has 1 aromatic heterocycles. The summed E-state index contributed by atoms with van der Waals surface area (Å²) in [4.78, 5) is 30.7. The van der Waals surface area contributed by atoms with E-state index in [9.17, 15) is 14.7 Å². The van der Waals surface area contributed by atoms with Crippen LogP contribution in [0.15, 0.2) is 54.2 Å². The largest absolute Gasteiger partial charge is 0.507 e. The first-order valence-corrected chi connectivity index (χ1v) is 10.5. The lowest BCUT2D eigenvalue weighted by atomic mass is 9.94. The number of aromatic nitrogens is 1. The third-order valence-electron chi connectivity index (χ3n) is 5.74. The minimum absolute atomic E-state index is 0.0689. The minimum Gasteiger partial charge on any atom is -0.507 e. The number of Topliss-reactive ketones (excluding diaryl/α,β-unsaturated/α-hetero) is 1. The number of likely N-dealkylation sites (tertiary alicyclic amines) is 1. The minimum atomic E-state index is -0.729. The lowest BCUT2D eigenvalue weighted by Crippen LogP contribution is -2.32. The Morgan fingerprint density at radius 3 is 2.69 bits per heavy atom. The topological polar surface area (TPSA) is 91.9 Å². The van der Waals surface area contributed by atoms with Gasteiger partial charge in [0, 0.05) is 41.9 Å². The number of aryl methyl sites for hydroxylation is 1. The lowest BCUT2D eigenvalue weighted by molar-refractivity contribution is -0.140. The molecule has 4 rings (SSSR count). The number of methoxy groups -OCH3 is 1. The van der Waals surface area contributed by atoms with Crippen LogP contribution in [-0.4, -0.2) is 53.5 Å². The first-order valence-electron chi connectivity index (χ1n) is 10.5. The fraction of sp³-hybridized carbons (Fsp3) is 0.280. The van der Waals surface area contributed by atoms with Crippen molar-refractivity contribution in [3.8, 4) is 5.75 Å². The quantitative estimate of drug-likeness (QED) is 0.334. The molecule has 7 nitrogen and oxygen atoms in total. The third-order valence-corrected chi connectivity index (χ3v) is 5.74. The molecule has 0 aliphatic carbocycles. The highest BCUT2D eigenvalue weighted by Gasteiger charge is 2.46. The van der Waals surface area contributed by atoms with Crippen molar-refractivity contribution in [2.45, 2.75) is 19.9 Å². The van der Waals surface area contributed by atoms with Gasteiger partial charge in [0.25, 0.3) is 11.7 Å². The lowest BCUT2D eigenvalue weighted by Gasteiger charge is -2.24. The molecule has 0 spiro atoms. The molecule has 1 aliphatic rings. The number of nitrogens with zero attached hydrogens (tertiary/aromatic N) is 1. The van der Waals surface area contributed by atoms with Crippen LogP contribution in [0.25, 0.3) is 16.7 Å². The van der Waals surface area contributed by atoms with Crippen LogP contribution >= 0.6 is 0 Å². The van der Waals surface area contributed by atoms with Crippen molar-refractivity contribution < 1.29 is 24.2 Å². The molecule has 166 valence electrons. The number of ether oxygens (including phenoxy) is 2. The van der Waals surface area contributed by atoms with Gasteiger partial charge in [0.2, 0.25) is 0 Å². The molecule has 0 saturated carbocycles. The first kappa shape index (κ1) is 21.6. The number of hydrogen-bond donors (Lipinski definition) is 2. The smallest absolute Gasteiger partial charge is 0.295 e. The zero-order valence-corrected chi connectivity index (χ0v) is 18.3. The second-order valence-corrected chi connectivity index (χ2v) is 7.69. The van der Waals surface area contributed by atoms with Crippen LogP contribution in [-0.2, 0) is 14.3 Å². The van der Waals surface area contributed by atoms with E-state index in [4.69, 9.17) is 9.47 Å². The van der Waals surface area contributed by atoms with Gasteiger partial charge in [0.1, 0.15) is 11.5 Å². The van der Waals surface area contributed by atoms with Crippen molar-refractivity contribution in [2.75, 3.05) is 26.9 Å². The van der Waals surface area contributed by atoms with Gasteiger partial charge in [0.05, 0.1) is 24.8 Å². The second-order valence-electron chi connectivity index (χ2n) is 7.69. The molecule has 3 aromatic rings. The van der Waals surface area contributed by atoms with E-state index in [1.165, 1.54) is 4.90 Å². The Bertz CT molecular complexity index is 1210. The van der Waals surface area contributed by atoms with E-state index >= 15 is 0 Å². The van der Waals surface area contributed by atoms with Crippen LogP contribution in [0.3, 0.4) is 0 Å². The van der Waals surface area contributed by atoms with E-state index < -0.39 is 17.7 Å². The van der Waals surface area contributed by atoms with Gasteiger partial charge < -0.3 is 24.5 Å². The Hall–Kier alpha value is -3.58. The molecule has 2 aromatic carbocycles. The van der Waals surface area contributed by atoms with Gasteiger partial charge in [-0.25, -0.2) is 0 Å². The van der Waals surface area contributed by atoms with Gasteiger partial charge in [-0.05, 0) is 43.7 Å². The molecule has 0 bridgehead atoms. The van der Waals surface area contributed by atoms with Crippen LogP contribution in [0, 0.1) is 6.92 Å². The Balaban J connectivity index is 1.88. The molecule has 1 fully saturated rings. The fourth-order valence-corrected chi connectivity index (χ4v) is 4.21. The third kappa shape index (κ3) is 3.65. The number of ketones is 1. The average molecular weight is 434 g/mol. The number of benzene rings is 2. The van der Waals surface area contributed by atoms with E-state index in [1.807, 2.05) is 38.1 Å². The standard InChI is InChI=1S/C25H26N2O5/c1-4-32-20-10-9-16(13-15(20)2)23(28)21-22(27(11-12-31-3)25(30)24(21)29)18-14-26-19-8-6-5-7-17(18)19/h5-10,13-14,22,26,28H,4,11-12H2,1-3H3/b23-21+. The van der Waals surface area contributed by atoms with Crippen molar-refractivity contribution in [1.29, 1.82) is 0 Å². The second kappa shape index (κ2) is 8.88. The summed E-state index contributed by atoms with van der Waals surface area (Å²) in [7, 11) is 1.54. The normalized spacial score (nSPS) is 18.0. The number of hydrogen-bond acceptors (Lipinski definition) is 5. The summed E-state index contributed by atoms with van der Waals surface area (Å²) >= 11 is 0. The van der Waals surface area contributed by atoms with Crippen molar-refractivity contribution in [2.24, 2.45) is 0 Å². The van der Waals surface area contributed by atoms with Crippen molar-refractivity contribution in [3.05, 3.63) is 70.9 Å². The molecule has 7 heteroatoms. The molecule has 1 saturated heterocycles.